The van der Waals surface area contributed by atoms with Crippen molar-refractivity contribution < 1.29 is 44.1 Å². The van der Waals surface area contributed by atoms with E-state index in [1.54, 1.807) is 30.3 Å². The maximum Gasteiger partial charge on any atom is 0.523 e. The Morgan fingerprint density at radius 3 is 2.42 bits per heavy atom. The van der Waals surface area contributed by atoms with Crippen LogP contribution in [0.3, 0.4) is 0 Å². The number of likely N-dealkylation sites (tertiary alicyclic amines) is 1. The normalized spacial score (nSPS) is 21.3. The molecule has 2 aromatic rings. The highest BCUT2D eigenvalue weighted by molar-refractivity contribution is 7.87. The number of rotatable bonds is 6. The second-order valence-electron chi connectivity index (χ2n) is 7.15. The summed E-state index contributed by atoms with van der Waals surface area (Å²) in [6.45, 7) is -1.06. The summed E-state index contributed by atoms with van der Waals surface area (Å²) in [5, 5.41) is -0.319. The predicted molar refractivity (Wildman–Crippen MR) is 107 cm³/mol. The summed E-state index contributed by atoms with van der Waals surface area (Å²) in [6.07, 6.45) is -6.28. The third-order valence-corrected chi connectivity index (χ3v) is 6.26. The zero-order valence-corrected chi connectivity index (χ0v) is 18.2. The molecule has 3 atom stereocenters. The predicted octanol–water partition coefficient (Wildman–Crippen LogP) is 4.62. The van der Waals surface area contributed by atoms with Gasteiger partial charge in [-0.25, -0.2) is 13.6 Å². The molecule has 1 amide bonds. The van der Waals surface area contributed by atoms with Crippen LogP contribution in [0.25, 0.3) is 0 Å². The SMILES string of the molecule is O=C(OCc1ccccc1)N1CC(F)C(OS(=O)(=O)C(F)(F)F)C1Cc1cccc(Cl)c1F. The summed E-state index contributed by atoms with van der Waals surface area (Å²) >= 11 is 5.72. The topological polar surface area (TPSA) is 72.9 Å². The second-order valence-corrected chi connectivity index (χ2v) is 9.12. The molecule has 33 heavy (non-hydrogen) atoms. The van der Waals surface area contributed by atoms with Crippen molar-refractivity contribution >= 4 is 27.8 Å². The Kier molecular flexibility index (Phi) is 7.49. The van der Waals surface area contributed by atoms with Gasteiger partial charge in [0.1, 0.15) is 24.7 Å². The van der Waals surface area contributed by atoms with E-state index >= 15 is 0 Å². The van der Waals surface area contributed by atoms with Crippen molar-refractivity contribution in [1.29, 1.82) is 0 Å². The van der Waals surface area contributed by atoms with Gasteiger partial charge in [0, 0.05) is 0 Å². The van der Waals surface area contributed by atoms with Gasteiger partial charge >= 0.3 is 21.7 Å². The molecule has 6 nitrogen and oxygen atoms in total. The van der Waals surface area contributed by atoms with E-state index in [0.717, 1.165) is 0 Å². The van der Waals surface area contributed by atoms with Crippen molar-refractivity contribution in [3.8, 4) is 0 Å². The van der Waals surface area contributed by atoms with Crippen LogP contribution >= 0.6 is 11.6 Å². The average Bonchev–Trinajstić information content (AvgIpc) is 3.04. The molecule has 2 aromatic carbocycles. The van der Waals surface area contributed by atoms with E-state index in [4.69, 9.17) is 16.3 Å². The van der Waals surface area contributed by atoms with E-state index in [1.807, 2.05) is 0 Å². The van der Waals surface area contributed by atoms with E-state index in [2.05, 4.69) is 4.18 Å². The van der Waals surface area contributed by atoms with Crippen molar-refractivity contribution in [1.82, 2.24) is 4.90 Å². The number of alkyl halides is 4. The van der Waals surface area contributed by atoms with Gasteiger partial charge in [0.05, 0.1) is 17.6 Å². The van der Waals surface area contributed by atoms with Gasteiger partial charge < -0.3 is 4.74 Å². The maximum absolute atomic E-state index is 14.7. The van der Waals surface area contributed by atoms with Gasteiger partial charge in [-0.05, 0) is 23.6 Å². The van der Waals surface area contributed by atoms with Crippen LogP contribution in [-0.2, 0) is 32.1 Å². The van der Waals surface area contributed by atoms with Crippen LogP contribution in [0.15, 0.2) is 48.5 Å². The summed E-state index contributed by atoms with van der Waals surface area (Å²) in [5.74, 6) is -0.948. The Morgan fingerprint density at radius 2 is 1.79 bits per heavy atom. The number of hydrogen-bond acceptors (Lipinski definition) is 5. The smallest absolute Gasteiger partial charge is 0.445 e. The minimum Gasteiger partial charge on any atom is -0.445 e. The average molecular weight is 514 g/mol. The zero-order valence-electron chi connectivity index (χ0n) is 16.6. The molecule has 0 saturated carbocycles. The van der Waals surface area contributed by atoms with Crippen LogP contribution in [0.5, 0.6) is 0 Å². The Labute approximate surface area is 191 Å². The highest BCUT2D eigenvalue weighted by Crippen LogP contribution is 2.34. The van der Waals surface area contributed by atoms with Crippen molar-refractivity contribution in [3.63, 3.8) is 0 Å². The molecule has 1 fully saturated rings. The van der Waals surface area contributed by atoms with Crippen molar-refractivity contribution in [2.75, 3.05) is 6.54 Å². The van der Waals surface area contributed by atoms with Crippen LogP contribution in [-0.4, -0.2) is 49.8 Å². The van der Waals surface area contributed by atoms with Gasteiger partial charge in [-0.2, -0.15) is 21.6 Å². The lowest BCUT2D eigenvalue weighted by Gasteiger charge is -2.27. The lowest BCUT2D eigenvalue weighted by molar-refractivity contribution is -0.0602. The summed E-state index contributed by atoms with van der Waals surface area (Å²) in [4.78, 5) is 13.3. The third kappa shape index (κ3) is 5.74. The monoisotopic (exact) mass is 513 g/mol. The lowest BCUT2D eigenvalue weighted by atomic mass is 10.0. The number of hydrogen-bond donors (Lipinski definition) is 0. The highest BCUT2D eigenvalue weighted by atomic mass is 35.5. The number of amides is 1. The summed E-state index contributed by atoms with van der Waals surface area (Å²) in [6, 6.07) is 10.5. The molecular formula is C20H17ClF5NO5S. The minimum absolute atomic E-state index is 0.180. The first-order valence-electron chi connectivity index (χ1n) is 9.44. The fourth-order valence-electron chi connectivity index (χ4n) is 3.34. The standard InChI is InChI=1S/C20H17ClF5NO5S/c21-14-8-4-7-13(17(14)23)9-16-18(32-33(29,30)20(24,25)26)15(22)10-27(16)19(28)31-11-12-5-2-1-3-6-12/h1-8,15-16,18H,9-11H2. The molecule has 1 aliphatic rings. The van der Waals surface area contributed by atoms with Crippen molar-refractivity contribution in [2.24, 2.45) is 0 Å². The molecule has 0 radical (unpaired) electrons. The minimum atomic E-state index is -6.20. The number of benzene rings is 2. The van der Waals surface area contributed by atoms with E-state index in [-0.39, 0.29) is 17.2 Å². The first kappa shape index (κ1) is 25.2. The molecule has 1 aliphatic heterocycles. The molecule has 1 heterocycles. The number of halogens is 6. The molecule has 1 saturated heterocycles. The number of carbonyl (C=O) groups is 1. The summed E-state index contributed by atoms with van der Waals surface area (Å²) < 4.78 is 99.9. The van der Waals surface area contributed by atoms with Gasteiger partial charge in [-0.1, -0.05) is 54.1 Å². The number of nitrogens with zero attached hydrogens (tertiary/aromatic N) is 1. The lowest BCUT2D eigenvalue weighted by Crippen LogP contribution is -2.44. The van der Waals surface area contributed by atoms with Crippen LogP contribution in [0.4, 0.5) is 26.7 Å². The van der Waals surface area contributed by atoms with E-state index in [1.165, 1.54) is 18.2 Å². The van der Waals surface area contributed by atoms with E-state index in [0.29, 0.717) is 10.5 Å². The molecule has 0 aliphatic carbocycles. The second kappa shape index (κ2) is 9.82. The van der Waals surface area contributed by atoms with E-state index in [9.17, 15) is 35.2 Å². The molecule has 0 spiro atoms. The van der Waals surface area contributed by atoms with Crippen LogP contribution < -0.4 is 0 Å². The molecule has 3 rings (SSSR count). The van der Waals surface area contributed by atoms with Gasteiger partial charge in [-0.15, -0.1) is 0 Å². The van der Waals surface area contributed by atoms with Crippen LogP contribution in [0.1, 0.15) is 11.1 Å². The quantitative estimate of drug-likeness (QED) is 0.320. The molecule has 13 heteroatoms. The number of carbonyl (C=O) groups excluding carboxylic acids is 1. The summed E-state index contributed by atoms with van der Waals surface area (Å²) in [7, 11) is -6.20. The van der Waals surface area contributed by atoms with Gasteiger partial charge in [0.25, 0.3) is 0 Å². The molecular weight excluding hydrogens is 497 g/mol. The highest BCUT2D eigenvalue weighted by Gasteiger charge is 2.54. The zero-order chi connectivity index (χ0) is 24.4. The fraction of sp³-hybridized carbons (Fsp3) is 0.350. The Hall–Kier alpha value is -2.44. The third-order valence-electron chi connectivity index (χ3n) is 4.93. The van der Waals surface area contributed by atoms with Gasteiger partial charge in [-0.3, -0.25) is 9.08 Å². The first-order chi connectivity index (χ1) is 15.4. The Bertz CT molecular complexity index is 1100. The maximum atomic E-state index is 14.7. The molecule has 180 valence electrons. The van der Waals surface area contributed by atoms with Crippen molar-refractivity contribution in [3.05, 3.63) is 70.5 Å². The summed E-state index contributed by atoms with van der Waals surface area (Å²) in [5.41, 5.74) is -5.42. The Morgan fingerprint density at radius 1 is 1.12 bits per heavy atom. The fourth-order valence-corrected chi connectivity index (χ4v) is 4.19. The molecule has 0 N–H and O–H groups in total. The van der Waals surface area contributed by atoms with Gasteiger partial charge in [0.15, 0.2) is 0 Å². The largest absolute Gasteiger partial charge is 0.523 e. The van der Waals surface area contributed by atoms with E-state index < -0.39 is 58.8 Å². The molecule has 0 bridgehead atoms. The Balaban J connectivity index is 1.88. The molecule has 3 unspecified atom stereocenters. The first-order valence-corrected chi connectivity index (χ1v) is 11.2. The van der Waals surface area contributed by atoms with Gasteiger partial charge in [0.2, 0.25) is 0 Å². The van der Waals surface area contributed by atoms with Crippen LogP contribution in [0, 0.1) is 5.82 Å². The van der Waals surface area contributed by atoms with Crippen molar-refractivity contribution in [2.45, 2.75) is 36.9 Å². The number of ether oxygens (including phenoxy) is 1. The molecule has 0 aromatic heterocycles. The van der Waals surface area contributed by atoms with Crippen LogP contribution in [0.2, 0.25) is 5.02 Å².